The van der Waals surface area contributed by atoms with Crippen LogP contribution in [0.5, 0.6) is 5.75 Å². The van der Waals surface area contributed by atoms with Crippen LogP contribution >= 0.6 is 0 Å². The van der Waals surface area contributed by atoms with Gasteiger partial charge in [0.15, 0.2) is 6.61 Å². The van der Waals surface area contributed by atoms with E-state index >= 15 is 0 Å². The lowest BCUT2D eigenvalue weighted by molar-refractivity contribution is -0.131. The molecule has 6 heteroatoms. The van der Waals surface area contributed by atoms with Crippen LogP contribution in [0, 0.1) is 0 Å². The van der Waals surface area contributed by atoms with Gasteiger partial charge in [-0.15, -0.1) is 0 Å². The van der Waals surface area contributed by atoms with Crippen LogP contribution in [0.1, 0.15) is 5.56 Å². The van der Waals surface area contributed by atoms with Crippen molar-refractivity contribution in [1.82, 2.24) is 4.90 Å². The molecule has 0 spiro atoms. The van der Waals surface area contributed by atoms with Crippen LogP contribution in [-0.4, -0.2) is 49.5 Å². The lowest BCUT2D eigenvalue weighted by Gasteiger charge is -2.31. The highest BCUT2D eigenvalue weighted by Gasteiger charge is 2.28. The number of carbonyl (C=O) groups is 2. The minimum Gasteiger partial charge on any atom is -0.482 e. The Morgan fingerprint density at radius 1 is 1.08 bits per heavy atom. The summed E-state index contributed by atoms with van der Waals surface area (Å²) < 4.78 is 5.42. The summed E-state index contributed by atoms with van der Waals surface area (Å²) in [6, 6.07) is 17.2. The maximum absolute atomic E-state index is 12.8. The molecule has 2 amide bonds. The van der Waals surface area contributed by atoms with E-state index in [0.29, 0.717) is 31.1 Å². The summed E-state index contributed by atoms with van der Waals surface area (Å²) in [5.74, 6) is 0.291. The van der Waals surface area contributed by atoms with Gasteiger partial charge in [-0.2, -0.15) is 0 Å². The van der Waals surface area contributed by atoms with E-state index in [2.05, 4.69) is 0 Å². The molecule has 0 fully saturated rings. The summed E-state index contributed by atoms with van der Waals surface area (Å²) in [7, 11) is 0. The number of benzene rings is 2. The first-order valence-electron chi connectivity index (χ1n) is 8.73. The number of amides is 2. The number of para-hydroxylation sites is 2. The van der Waals surface area contributed by atoms with Gasteiger partial charge in [0.25, 0.3) is 5.91 Å². The molecule has 1 aliphatic rings. The Kier molecular flexibility index (Phi) is 5.86. The molecule has 0 aliphatic carbocycles. The third-order valence-electron chi connectivity index (χ3n) is 4.37. The number of rotatable bonds is 7. The van der Waals surface area contributed by atoms with Crippen LogP contribution in [-0.2, 0) is 16.0 Å². The van der Waals surface area contributed by atoms with E-state index in [1.165, 1.54) is 4.90 Å². The Balaban J connectivity index is 1.68. The zero-order valence-electron chi connectivity index (χ0n) is 14.6. The van der Waals surface area contributed by atoms with Crippen molar-refractivity contribution in [3.8, 4) is 5.75 Å². The molecule has 1 aliphatic heterocycles. The van der Waals surface area contributed by atoms with E-state index in [-0.39, 0.29) is 25.0 Å². The molecule has 0 unspecified atom stereocenters. The molecule has 0 saturated heterocycles. The van der Waals surface area contributed by atoms with Crippen LogP contribution in [0.4, 0.5) is 5.69 Å². The Labute approximate surface area is 153 Å². The summed E-state index contributed by atoms with van der Waals surface area (Å²) in [6.07, 6.45) is 0.750. The molecule has 0 bridgehead atoms. The summed E-state index contributed by atoms with van der Waals surface area (Å²) in [5, 5.41) is 0. The highest BCUT2D eigenvalue weighted by atomic mass is 16.5. The standard InChI is InChI=1S/C20H23N3O3/c21-11-13-22(12-10-16-6-2-1-3-7-16)19(24)14-23-17-8-4-5-9-18(17)26-15-20(23)25/h1-9H,10-15,21H2. The first-order valence-corrected chi connectivity index (χ1v) is 8.73. The predicted octanol–water partition coefficient (Wildman–Crippen LogP) is 1.44. The van der Waals surface area contributed by atoms with Crippen LogP contribution in [0.2, 0.25) is 0 Å². The zero-order valence-corrected chi connectivity index (χ0v) is 14.6. The molecule has 0 radical (unpaired) electrons. The largest absolute Gasteiger partial charge is 0.482 e. The fraction of sp³-hybridized carbons (Fsp3) is 0.300. The molecular weight excluding hydrogens is 330 g/mol. The van der Waals surface area contributed by atoms with Crippen molar-refractivity contribution in [3.05, 3.63) is 60.2 Å². The molecule has 2 aromatic carbocycles. The van der Waals surface area contributed by atoms with Gasteiger partial charge < -0.3 is 15.4 Å². The Bertz CT molecular complexity index is 764. The number of carbonyl (C=O) groups excluding carboxylic acids is 2. The van der Waals surface area contributed by atoms with E-state index in [1.807, 2.05) is 42.5 Å². The van der Waals surface area contributed by atoms with Crippen LogP contribution in [0.15, 0.2) is 54.6 Å². The quantitative estimate of drug-likeness (QED) is 0.817. The molecule has 2 N–H and O–H groups in total. The Hall–Kier alpha value is -2.86. The number of nitrogens with two attached hydrogens (primary N) is 1. The SMILES string of the molecule is NCCN(CCc1ccccc1)C(=O)CN1C(=O)COc2ccccc21. The van der Waals surface area contributed by atoms with Crippen molar-refractivity contribution in [2.24, 2.45) is 5.73 Å². The maximum Gasteiger partial charge on any atom is 0.265 e. The summed E-state index contributed by atoms with van der Waals surface area (Å²) >= 11 is 0. The van der Waals surface area contributed by atoms with Gasteiger partial charge in [0.05, 0.1) is 5.69 Å². The normalized spacial score (nSPS) is 13.1. The number of ether oxygens (including phenoxy) is 1. The van der Waals surface area contributed by atoms with Gasteiger partial charge in [-0.1, -0.05) is 42.5 Å². The molecular formula is C20H23N3O3. The van der Waals surface area contributed by atoms with Crippen molar-refractivity contribution in [2.75, 3.05) is 37.7 Å². The first-order chi connectivity index (χ1) is 12.7. The van der Waals surface area contributed by atoms with Gasteiger partial charge in [0.2, 0.25) is 5.91 Å². The van der Waals surface area contributed by atoms with Crippen LogP contribution < -0.4 is 15.4 Å². The average Bonchev–Trinajstić information content (AvgIpc) is 2.68. The minimum absolute atomic E-state index is 0.00596. The second kappa shape index (κ2) is 8.49. The number of hydrogen-bond acceptors (Lipinski definition) is 4. The van der Waals surface area contributed by atoms with E-state index in [9.17, 15) is 9.59 Å². The number of hydrogen-bond donors (Lipinski definition) is 1. The van der Waals surface area contributed by atoms with Gasteiger partial charge in [0, 0.05) is 19.6 Å². The highest BCUT2D eigenvalue weighted by molar-refractivity contribution is 6.02. The van der Waals surface area contributed by atoms with E-state index in [0.717, 1.165) is 12.0 Å². The Morgan fingerprint density at radius 3 is 2.58 bits per heavy atom. The van der Waals surface area contributed by atoms with Crippen molar-refractivity contribution in [1.29, 1.82) is 0 Å². The molecule has 0 atom stereocenters. The molecule has 0 saturated carbocycles. The smallest absolute Gasteiger partial charge is 0.265 e. The van der Waals surface area contributed by atoms with Gasteiger partial charge >= 0.3 is 0 Å². The topological polar surface area (TPSA) is 75.9 Å². The fourth-order valence-electron chi connectivity index (χ4n) is 2.99. The van der Waals surface area contributed by atoms with Crippen molar-refractivity contribution < 1.29 is 14.3 Å². The Morgan fingerprint density at radius 2 is 1.81 bits per heavy atom. The summed E-state index contributed by atoms with van der Waals surface area (Å²) in [4.78, 5) is 28.3. The lowest BCUT2D eigenvalue weighted by atomic mass is 10.1. The fourth-order valence-corrected chi connectivity index (χ4v) is 2.99. The predicted molar refractivity (Wildman–Crippen MR) is 100 cm³/mol. The zero-order chi connectivity index (χ0) is 18.4. The van der Waals surface area contributed by atoms with Crippen molar-refractivity contribution >= 4 is 17.5 Å². The molecule has 2 aromatic rings. The third-order valence-corrected chi connectivity index (χ3v) is 4.37. The second-order valence-electron chi connectivity index (χ2n) is 6.14. The molecule has 136 valence electrons. The van der Waals surface area contributed by atoms with Gasteiger partial charge in [-0.05, 0) is 24.1 Å². The van der Waals surface area contributed by atoms with E-state index < -0.39 is 0 Å². The van der Waals surface area contributed by atoms with Gasteiger partial charge in [-0.3, -0.25) is 14.5 Å². The highest BCUT2D eigenvalue weighted by Crippen LogP contribution is 2.31. The molecule has 3 rings (SSSR count). The molecule has 26 heavy (non-hydrogen) atoms. The minimum atomic E-state index is -0.215. The summed E-state index contributed by atoms with van der Waals surface area (Å²) in [5.41, 5.74) is 7.47. The maximum atomic E-state index is 12.8. The number of nitrogens with zero attached hydrogens (tertiary/aromatic N) is 2. The van der Waals surface area contributed by atoms with Crippen LogP contribution in [0.3, 0.4) is 0 Å². The van der Waals surface area contributed by atoms with E-state index in [4.69, 9.17) is 10.5 Å². The van der Waals surface area contributed by atoms with Crippen molar-refractivity contribution in [2.45, 2.75) is 6.42 Å². The van der Waals surface area contributed by atoms with Crippen LogP contribution in [0.25, 0.3) is 0 Å². The first kappa shape index (κ1) is 17.9. The monoisotopic (exact) mass is 353 g/mol. The van der Waals surface area contributed by atoms with E-state index in [1.54, 1.807) is 17.0 Å². The third kappa shape index (κ3) is 4.21. The molecule has 6 nitrogen and oxygen atoms in total. The second-order valence-corrected chi connectivity index (χ2v) is 6.14. The summed E-state index contributed by atoms with van der Waals surface area (Å²) in [6.45, 7) is 1.36. The molecule has 1 heterocycles. The average molecular weight is 353 g/mol. The van der Waals surface area contributed by atoms with Gasteiger partial charge in [-0.25, -0.2) is 0 Å². The molecule has 0 aromatic heterocycles. The number of fused-ring (bicyclic) bond motifs is 1. The van der Waals surface area contributed by atoms with Gasteiger partial charge in [0.1, 0.15) is 12.3 Å². The van der Waals surface area contributed by atoms with Crippen molar-refractivity contribution in [3.63, 3.8) is 0 Å². The number of anilines is 1. The lowest BCUT2D eigenvalue weighted by Crippen LogP contribution is -2.47.